The van der Waals surface area contributed by atoms with E-state index in [9.17, 15) is 4.79 Å². The molecule has 1 saturated carbocycles. The maximum atomic E-state index is 12.6. The number of benzene rings is 2. The first-order valence-corrected chi connectivity index (χ1v) is 11.8. The molecule has 5 rings (SSSR count). The van der Waals surface area contributed by atoms with Gasteiger partial charge in [-0.3, -0.25) is 9.78 Å². The number of carbonyl (C=O) groups excluding carboxylic acids is 1. The molecule has 0 radical (unpaired) electrons. The van der Waals surface area contributed by atoms with Crippen molar-refractivity contribution in [2.75, 3.05) is 30.9 Å². The van der Waals surface area contributed by atoms with Crippen molar-refractivity contribution in [1.29, 1.82) is 0 Å². The minimum atomic E-state index is -0.167. The maximum absolute atomic E-state index is 12.6. The lowest BCUT2D eigenvalue weighted by molar-refractivity contribution is 0.0938. The highest BCUT2D eigenvalue weighted by Crippen LogP contribution is 2.28. The number of rotatable bonds is 6. The molecule has 2 heterocycles. The molecule has 2 aromatic carbocycles. The Hall–Kier alpha value is -3.81. The highest BCUT2D eigenvalue weighted by atomic mass is 16.1. The Kier molecular flexibility index (Phi) is 6.20. The molecule has 1 amide bonds. The minimum Gasteiger partial charge on any atom is -0.362 e. The van der Waals surface area contributed by atoms with E-state index < -0.39 is 0 Å². The van der Waals surface area contributed by atoms with Crippen LogP contribution in [0.15, 0.2) is 54.7 Å². The van der Waals surface area contributed by atoms with Crippen LogP contribution < -0.4 is 15.5 Å². The van der Waals surface area contributed by atoms with Gasteiger partial charge in [-0.2, -0.15) is 4.98 Å². The third kappa shape index (κ3) is 4.76. The fourth-order valence-electron chi connectivity index (χ4n) is 4.55. The number of nitrogens with one attached hydrogen (secondary N) is 2. The zero-order valence-electron chi connectivity index (χ0n) is 19.5. The Balaban J connectivity index is 1.15. The molecule has 0 bridgehead atoms. The van der Waals surface area contributed by atoms with Gasteiger partial charge in [-0.25, -0.2) is 9.97 Å². The summed E-state index contributed by atoms with van der Waals surface area (Å²) in [7, 11) is 4.00. The molecule has 34 heavy (non-hydrogen) atoms. The number of amides is 1. The van der Waals surface area contributed by atoms with Crippen LogP contribution >= 0.6 is 0 Å². The molecule has 174 valence electrons. The molecule has 0 aliphatic heterocycles. The van der Waals surface area contributed by atoms with E-state index in [1.807, 2.05) is 61.5 Å². The quantitative estimate of drug-likeness (QED) is 0.453. The van der Waals surface area contributed by atoms with Gasteiger partial charge in [0, 0.05) is 32.1 Å². The fourth-order valence-corrected chi connectivity index (χ4v) is 4.55. The Bertz CT molecular complexity index is 1320. The zero-order valence-corrected chi connectivity index (χ0v) is 19.5. The monoisotopic (exact) mass is 455 g/mol. The van der Waals surface area contributed by atoms with Crippen molar-refractivity contribution in [2.45, 2.75) is 31.7 Å². The molecular weight excluding hydrogens is 426 g/mol. The first-order valence-electron chi connectivity index (χ1n) is 11.8. The molecule has 0 saturated heterocycles. The molecule has 2 aromatic heterocycles. The van der Waals surface area contributed by atoms with E-state index in [1.54, 1.807) is 6.20 Å². The van der Waals surface area contributed by atoms with E-state index in [0.717, 1.165) is 53.4 Å². The third-order valence-corrected chi connectivity index (χ3v) is 6.42. The molecule has 8 nitrogen and oxygen atoms in total. The second kappa shape index (κ2) is 9.59. The number of nitrogens with zero attached hydrogens (tertiary/aromatic N) is 5. The summed E-state index contributed by atoms with van der Waals surface area (Å²) in [4.78, 5) is 32.9. The van der Waals surface area contributed by atoms with Gasteiger partial charge in [0.1, 0.15) is 11.5 Å². The number of aromatic nitrogens is 4. The third-order valence-electron chi connectivity index (χ3n) is 6.42. The lowest BCUT2D eigenvalue weighted by Crippen LogP contribution is -2.34. The average Bonchev–Trinajstić information content (AvgIpc) is 2.87. The number of fused-ring (bicyclic) bond motifs is 2. The summed E-state index contributed by atoms with van der Waals surface area (Å²) in [6.45, 7) is 0.650. The Morgan fingerprint density at radius 1 is 0.912 bits per heavy atom. The van der Waals surface area contributed by atoms with E-state index >= 15 is 0 Å². The smallest absolute Gasteiger partial charge is 0.271 e. The molecular formula is C26H29N7O. The van der Waals surface area contributed by atoms with Crippen LogP contribution in [0.1, 0.15) is 36.2 Å². The molecule has 0 spiro atoms. The van der Waals surface area contributed by atoms with Crippen LogP contribution in [0, 0.1) is 5.92 Å². The van der Waals surface area contributed by atoms with Crippen LogP contribution in [0.2, 0.25) is 0 Å². The van der Waals surface area contributed by atoms with Crippen molar-refractivity contribution in [3.63, 3.8) is 0 Å². The van der Waals surface area contributed by atoms with Gasteiger partial charge in [-0.05, 0) is 55.9 Å². The van der Waals surface area contributed by atoms with Crippen molar-refractivity contribution in [2.24, 2.45) is 5.92 Å². The summed E-state index contributed by atoms with van der Waals surface area (Å²) in [6, 6.07) is 16.0. The molecule has 4 aromatic rings. The summed E-state index contributed by atoms with van der Waals surface area (Å²) < 4.78 is 0. The average molecular weight is 456 g/mol. The molecule has 0 atom stereocenters. The summed E-state index contributed by atoms with van der Waals surface area (Å²) in [5.74, 6) is 1.87. The van der Waals surface area contributed by atoms with Crippen molar-refractivity contribution in [1.82, 2.24) is 25.3 Å². The van der Waals surface area contributed by atoms with E-state index in [1.165, 1.54) is 0 Å². The molecule has 1 aliphatic rings. The van der Waals surface area contributed by atoms with Crippen LogP contribution in [0.5, 0.6) is 0 Å². The number of para-hydroxylation sites is 3. The van der Waals surface area contributed by atoms with E-state index in [4.69, 9.17) is 9.97 Å². The first-order chi connectivity index (χ1) is 16.6. The van der Waals surface area contributed by atoms with Crippen molar-refractivity contribution in [3.05, 3.63) is 60.4 Å². The maximum Gasteiger partial charge on any atom is 0.271 e. The topological polar surface area (TPSA) is 95.9 Å². The van der Waals surface area contributed by atoms with E-state index in [-0.39, 0.29) is 5.91 Å². The van der Waals surface area contributed by atoms with Crippen molar-refractivity contribution >= 4 is 39.6 Å². The van der Waals surface area contributed by atoms with E-state index in [2.05, 4.69) is 26.7 Å². The summed E-state index contributed by atoms with van der Waals surface area (Å²) in [5, 5.41) is 7.64. The predicted molar refractivity (Wildman–Crippen MR) is 135 cm³/mol. The normalized spacial score (nSPS) is 18.1. The Morgan fingerprint density at radius 3 is 2.38 bits per heavy atom. The standard InChI is InChI=1S/C26H29N7O/c1-33(2)24-19-7-3-4-8-20(19)31-26(32-24)29-18-13-11-17(12-14-18)15-28-25(34)23-16-27-21-9-5-6-10-22(21)30-23/h3-10,16-18H,11-15H2,1-2H3,(H,28,34)(H,29,31,32)/t17-,18+. The number of hydrogen-bond donors (Lipinski definition) is 2. The largest absolute Gasteiger partial charge is 0.362 e. The van der Waals surface area contributed by atoms with Gasteiger partial charge in [0.15, 0.2) is 0 Å². The Morgan fingerprint density at radius 2 is 1.62 bits per heavy atom. The second-order valence-corrected chi connectivity index (χ2v) is 9.10. The molecule has 1 fully saturated rings. The van der Waals surface area contributed by atoms with Gasteiger partial charge < -0.3 is 15.5 Å². The number of anilines is 2. The zero-order chi connectivity index (χ0) is 23.5. The number of carbonyl (C=O) groups is 1. The summed E-state index contributed by atoms with van der Waals surface area (Å²) in [5.41, 5.74) is 2.82. The van der Waals surface area contributed by atoms with Gasteiger partial charge in [0.05, 0.1) is 22.7 Å². The van der Waals surface area contributed by atoms with Crippen LogP contribution in [0.3, 0.4) is 0 Å². The molecule has 8 heteroatoms. The van der Waals surface area contributed by atoms with Crippen molar-refractivity contribution < 1.29 is 4.79 Å². The SMILES string of the molecule is CN(C)c1nc(N[C@H]2CC[C@@H](CNC(=O)c3cnc4ccccc4n3)CC2)nc2ccccc12. The van der Waals surface area contributed by atoms with Gasteiger partial charge in [0.2, 0.25) is 5.95 Å². The lowest BCUT2D eigenvalue weighted by atomic mass is 9.86. The highest BCUT2D eigenvalue weighted by molar-refractivity contribution is 5.93. The predicted octanol–water partition coefficient (Wildman–Crippen LogP) is 4.04. The second-order valence-electron chi connectivity index (χ2n) is 9.10. The first kappa shape index (κ1) is 22.0. The molecule has 0 unspecified atom stereocenters. The lowest BCUT2D eigenvalue weighted by Gasteiger charge is -2.29. The van der Waals surface area contributed by atoms with E-state index in [0.29, 0.717) is 30.1 Å². The number of hydrogen-bond acceptors (Lipinski definition) is 7. The fraction of sp³-hybridized carbons (Fsp3) is 0.346. The summed E-state index contributed by atoms with van der Waals surface area (Å²) >= 11 is 0. The molecule has 2 N–H and O–H groups in total. The van der Waals surface area contributed by atoms with Crippen LogP contribution in [0.25, 0.3) is 21.9 Å². The van der Waals surface area contributed by atoms with Gasteiger partial charge in [-0.15, -0.1) is 0 Å². The van der Waals surface area contributed by atoms with Crippen LogP contribution in [-0.4, -0.2) is 52.5 Å². The van der Waals surface area contributed by atoms with Gasteiger partial charge in [-0.1, -0.05) is 24.3 Å². The van der Waals surface area contributed by atoms with Crippen molar-refractivity contribution in [3.8, 4) is 0 Å². The van der Waals surface area contributed by atoms with Gasteiger partial charge in [0.25, 0.3) is 5.91 Å². The van der Waals surface area contributed by atoms with Crippen LogP contribution in [0.4, 0.5) is 11.8 Å². The minimum absolute atomic E-state index is 0.167. The van der Waals surface area contributed by atoms with Crippen LogP contribution in [-0.2, 0) is 0 Å². The van der Waals surface area contributed by atoms with Gasteiger partial charge >= 0.3 is 0 Å². The summed E-state index contributed by atoms with van der Waals surface area (Å²) in [6.07, 6.45) is 5.66. The Labute approximate surface area is 198 Å². The molecule has 1 aliphatic carbocycles. The highest BCUT2D eigenvalue weighted by Gasteiger charge is 2.23.